The summed E-state index contributed by atoms with van der Waals surface area (Å²) in [6.07, 6.45) is 6.49. The van der Waals surface area contributed by atoms with Gasteiger partial charge in [0.2, 0.25) is 0 Å². The first-order valence-electron chi connectivity index (χ1n) is 7.07. The van der Waals surface area contributed by atoms with Crippen molar-refractivity contribution in [2.24, 2.45) is 0 Å². The van der Waals surface area contributed by atoms with Crippen LogP contribution in [0, 0.1) is 16.0 Å². The summed E-state index contributed by atoms with van der Waals surface area (Å²) >= 11 is 7.11. The highest BCUT2D eigenvalue weighted by atomic mass is 32.2. The molecule has 0 unspecified atom stereocenters. The first-order chi connectivity index (χ1) is 10.2. The van der Waals surface area contributed by atoms with Crippen LogP contribution in [0.25, 0.3) is 11.1 Å². The van der Waals surface area contributed by atoms with Gasteiger partial charge in [-0.1, -0.05) is 24.4 Å². The zero-order chi connectivity index (χ0) is 14.8. The summed E-state index contributed by atoms with van der Waals surface area (Å²) < 4.78 is 0.571. The molecule has 0 fully saturated rings. The molecular formula is C17H16N2S2. The van der Waals surface area contributed by atoms with Crippen LogP contribution in [0.4, 0.5) is 0 Å². The van der Waals surface area contributed by atoms with Crippen molar-refractivity contribution >= 4 is 24.0 Å². The van der Waals surface area contributed by atoms with Gasteiger partial charge < -0.3 is 4.98 Å². The third-order valence-electron chi connectivity index (χ3n) is 4.00. The molecule has 4 heteroatoms. The molecule has 1 aliphatic carbocycles. The van der Waals surface area contributed by atoms with Gasteiger partial charge in [-0.15, -0.1) is 11.8 Å². The number of benzene rings is 1. The monoisotopic (exact) mass is 312 g/mol. The van der Waals surface area contributed by atoms with Crippen molar-refractivity contribution in [1.29, 1.82) is 5.26 Å². The van der Waals surface area contributed by atoms with Crippen LogP contribution < -0.4 is 0 Å². The molecule has 0 bridgehead atoms. The van der Waals surface area contributed by atoms with Crippen molar-refractivity contribution in [3.63, 3.8) is 0 Å². The Morgan fingerprint density at radius 3 is 2.57 bits per heavy atom. The molecule has 1 N–H and O–H groups in total. The van der Waals surface area contributed by atoms with Crippen molar-refractivity contribution in [3.05, 3.63) is 45.7 Å². The number of thioether (sulfide) groups is 1. The van der Waals surface area contributed by atoms with Crippen LogP contribution in [0.5, 0.6) is 0 Å². The Bertz CT molecular complexity index is 767. The van der Waals surface area contributed by atoms with Gasteiger partial charge in [-0.3, -0.25) is 0 Å². The third kappa shape index (κ3) is 2.64. The highest BCUT2D eigenvalue weighted by Crippen LogP contribution is 2.34. The van der Waals surface area contributed by atoms with Crippen LogP contribution >= 0.6 is 24.0 Å². The molecule has 0 saturated carbocycles. The summed E-state index contributed by atoms with van der Waals surface area (Å²) in [4.78, 5) is 4.50. The molecule has 0 radical (unpaired) electrons. The Labute approximate surface area is 134 Å². The van der Waals surface area contributed by atoms with Crippen molar-refractivity contribution in [2.45, 2.75) is 30.6 Å². The maximum atomic E-state index is 9.52. The van der Waals surface area contributed by atoms with Crippen molar-refractivity contribution in [3.8, 4) is 17.2 Å². The van der Waals surface area contributed by atoms with E-state index in [1.54, 1.807) is 11.8 Å². The van der Waals surface area contributed by atoms with Crippen molar-refractivity contribution in [2.75, 3.05) is 6.26 Å². The molecule has 2 aromatic rings. The van der Waals surface area contributed by atoms with E-state index in [4.69, 9.17) is 12.2 Å². The van der Waals surface area contributed by atoms with Crippen LogP contribution in [0.3, 0.4) is 0 Å². The SMILES string of the molecule is CSc1ccc(-c2c3c([nH]c(=S)c2C#N)CCCC3)cc1. The van der Waals surface area contributed by atoms with Crippen molar-refractivity contribution < 1.29 is 0 Å². The first kappa shape index (κ1) is 14.4. The van der Waals surface area contributed by atoms with E-state index in [9.17, 15) is 5.26 Å². The van der Waals surface area contributed by atoms with E-state index in [1.165, 1.54) is 29.0 Å². The van der Waals surface area contributed by atoms with E-state index in [1.807, 2.05) is 0 Å². The lowest BCUT2D eigenvalue weighted by atomic mass is 9.87. The van der Waals surface area contributed by atoms with E-state index in [0.717, 1.165) is 24.0 Å². The zero-order valence-electron chi connectivity index (χ0n) is 11.9. The second-order valence-corrected chi connectivity index (χ2v) is 6.50. The van der Waals surface area contributed by atoms with E-state index in [0.29, 0.717) is 10.2 Å². The van der Waals surface area contributed by atoms with E-state index in [-0.39, 0.29) is 0 Å². The number of aromatic nitrogens is 1. The molecule has 106 valence electrons. The summed E-state index contributed by atoms with van der Waals surface area (Å²) in [5, 5.41) is 9.52. The summed E-state index contributed by atoms with van der Waals surface area (Å²) in [5.74, 6) is 0. The van der Waals surface area contributed by atoms with Crippen LogP contribution in [0.15, 0.2) is 29.2 Å². The van der Waals surface area contributed by atoms with Gasteiger partial charge in [-0.25, -0.2) is 0 Å². The fourth-order valence-electron chi connectivity index (χ4n) is 2.97. The predicted octanol–water partition coefficient (Wildman–Crippen LogP) is 4.88. The standard InChI is InChI=1S/C17H16N2S2/c1-21-12-8-6-11(7-9-12)16-13-4-2-3-5-15(13)19-17(20)14(16)10-18/h6-9H,2-5H2,1H3,(H,19,20). The lowest BCUT2D eigenvalue weighted by molar-refractivity contribution is 0.668. The number of nitrogens with one attached hydrogen (secondary N) is 1. The molecule has 0 atom stereocenters. The summed E-state index contributed by atoms with van der Waals surface area (Å²) in [7, 11) is 0. The Morgan fingerprint density at radius 1 is 1.19 bits per heavy atom. The second-order valence-electron chi connectivity index (χ2n) is 5.21. The molecule has 3 rings (SSSR count). The number of hydrogen-bond donors (Lipinski definition) is 1. The maximum absolute atomic E-state index is 9.52. The van der Waals surface area contributed by atoms with Gasteiger partial charge in [0.05, 0.1) is 5.56 Å². The average Bonchev–Trinajstić information content (AvgIpc) is 2.53. The topological polar surface area (TPSA) is 39.6 Å². The molecule has 21 heavy (non-hydrogen) atoms. The summed E-state index contributed by atoms with van der Waals surface area (Å²) in [5.41, 5.74) is 5.26. The molecule has 1 aromatic carbocycles. The van der Waals surface area contributed by atoms with E-state index < -0.39 is 0 Å². The van der Waals surface area contributed by atoms with Gasteiger partial charge in [-0.2, -0.15) is 5.26 Å². The Hall–Kier alpha value is -1.57. The molecule has 0 amide bonds. The molecular weight excluding hydrogens is 296 g/mol. The van der Waals surface area contributed by atoms with Crippen LogP contribution in [-0.2, 0) is 12.8 Å². The van der Waals surface area contributed by atoms with Crippen LogP contribution in [0.1, 0.15) is 29.7 Å². The summed E-state index contributed by atoms with van der Waals surface area (Å²) in [6, 6.07) is 10.7. The number of hydrogen-bond acceptors (Lipinski definition) is 3. The number of aromatic amines is 1. The Kier molecular flexibility index (Phi) is 4.14. The van der Waals surface area contributed by atoms with Crippen LogP contribution in [-0.4, -0.2) is 11.2 Å². The van der Waals surface area contributed by atoms with Crippen molar-refractivity contribution in [1.82, 2.24) is 4.98 Å². The maximum Gasteiger partial charge on any atom is 0.122 e. The number of fused-ring (bicyclic) bond motifs is 1. The van der Waals surface area contributed by atoms with Gasteiger partial charge in [0.1, 0.15) is 10.7 Å². The minimum Gasteiger partial charge on any atom is -0.349 e. The number of rotatable bonds is 2. The molecule has 0 saturated heterocycles. The van der Waals surface area contributed by atoms with E-state index >= 15 is 0 Å². The minimum absolute atomic E-state index is 0.571. The quantitative estimate of drug-likeness (QED) is 0.634. The largest absolute Gasteiger partial charge is 0.349 e. The fourth-order valence-corrected chi connectivity index (χ4v) is 3.65. The third-order valence-corrected chi connectivity index (χ3v) is 5.05. The molecule has 1 aromatic heterocycles. The number of aryl methyl sites for hydroxylation is 1. The van der Waals surface area contributed by atoms with Gasteiger partial charge in [0.15, 0.2) is 0 Å². The summed E-state index contributed by atoms with van der Waals surface area (Å²) in [6.45, 7) is 0. The second kappa shape index (κ2) is 6.05. The average molecular weight is 312 g/mol. The number of pyridine rings is 1. The normalized spacial score (nSPS) is 13.5. The van der Waals surface area contributed by atoms with Gasteiger partial charge in [0.25, 0.3) is 0 Å². The Morgan fingerprint density at radius 2 is 1.90 bits per heavy atom. The smallest absolute Gasteiger partial charge is 0.122 e. The number of nitrogens with zero attached hydrogens (tertiary/aromatic N) is 1. The molecule has 0 spiro atoms. The molecule has 1 aliphatic rings. The zero-order valence-corrected chi connectivity index (χ0v) is 13.5. The number of nitriles is 1. The van der Waals surface area contributed by atoms with Gasteiger partial charge >= 0.3 is 0 Å². The lowest BCUT2D eigenvalue weighted by Gasteiger charge is -2.21. The molecule has 1 heterocycles. The lowest BCUT2D eigenvalue weighted by Crippen LogP contribution is -2.09. The predicted molar refractivity (Wildman–Crippen MR) is 90.2 cm³/mol. The van der Waals surface area contributed by atoms with E-state index in [2.05, 4.69) is 41.6 Å². The van der Waals surface area contributed by atoms with Crippen LogP contribution in [0.2, 0.25) is 0 Å². The molecule has 0 aliphatic heterocycles. The highest BCUT2D eigenvalue weighted by molar-refractivity contribution is 7.98. The van der Waals surface area contributed by atoms with Gasteiger partial charge in [0, 0.05) is 16.2 Å². The minimum atomic E-state index is 0.571. The molecule has 2 nitrogen and oxygen atoms in total. The number of H-pyrrole nitrogens is 1. The Balaban J connectivity index is 2.26. The highest BCUT2D eigenvalue weighted by Gasteiger charge is 2.19. The first-order valence-corrected chi connectivity index (χ1v) is 8.70. The van der Waals surface area contributed by atoms with Gasteiger partial charge in [-0.05, 0) is 55.2 Å². The fraction of sp³-hybridized carbons (Fsp3) is 0.294.